The van der Waals surface area contributed by atoms with Crippen LogP contribution >= 0.6 is 22.9 Å². The van der Waals surface area contributed by atoms with E-state index < -0.39 is 0 Å². The summed E-state index contributed by atoms with van der Waals surface area (Å²) in [4.78, 5) is 27.9. The van der Waals surface area contributed by atoms with Gasteiger partial charge in [0.1, 0.15) is 0 Å². The van der Waals surface area contributed by atoms with Gasteiger partial charge in [-0.25, -0.2) is 0 Å². The number of nitrogens with zero attached hydrogens (tertiary/aromatic N) is 1. The van der Waals surface area contributed by atoms with Gasteiger partial charge < -0.3 is 10.2 Å². The average molecular weight is 391 g/mol. The maximum Gasteiger partial charge on any atom is 0.261 e. The molecule has 26 heavy (non-hydrogen) atoms. The van der Waals surface area contributed by atoms with Gasteiger partial charge in [0.2, 0.25) is 5.91 Å². The van der Waals surface area contributed by atoms with Crippen LogP contribution in [0.2, 0.25) is 5.02 Å². The number of hydrogen-bond donors (Lipinski definition) is 1. The van der Waals surface area contributed by atoms with Crippen molar-refractivity contribution in [2.24, 2.45) is 0 Å². The molecule has 138 valence electrons. The van der Waals surface area contributed by atoms with Crippen molar-refractivity contribution in [1.29, 1.82) is 0 Å². The van der Waals surface area contributed by atoms with E-state index in [1.165, 1.54) is 11.3 Å². The summed E-state index contributed by atoms with van der Waals surface area (Å²) in [6, 6.07) is 11.4. The molecule has 3 rings (SSSR count). The Balaban J connectivity index is 1.46. The lowest BCUT2D eigenvalue weighted by molar-refractivity contribution is -0.130. The van der Waals surface area contributed by atoms with Crippen molar-refractivity contribution in [3.63, 3.8) is 0 Å². The number of rotatable bonds is 6. The van der Waals surface area contributed by atoms with Crippen LogP contribution in [0.4, 0.5) is 0 Å². The SMILES string of the molecule is O=C(NCCCN1CCCCCC1=O)c1ccc(-c2ccc(Cl)cc2)s1. The maximum atomic E-state index is 12.3. The van der Waals surface area contributed by atoms with Gasteiger partial charge in [-0.05, 0) is 49.1 Å². The fourth-order valence-corrected chi connectivity index (χ4v) is 4.12. The molecule has 1 saturated heterocycles. The van der Waals surface area contributed by atoms with Gasteiger partial charge in [0.15, 0.2) is 0 Å². The van der Waals surface area contributed by atoms with Crippen molar-refractivity contribution in [1.82, 2.24) is 10.2 Å². The predicted molar refractivity (Wildman–Crippen MR) is 107 cm³/mol. The molecule has 2 heterocycles. The van der Waals surface area contributed by atoms with E-state index in [0.717, 1.165) is 49.2 Å². The normalized spacial score (nSPS) is 15.0. The van der Waals surface area contributed by atoms with Crippen molar-refractivity contribution >= 4 is 34.8 Å². The highest BCUT2D eigenvalue weighted by Crippen LogP contribution is 2.29. The molecule has 0 spiro atoms. The zero-order valence-corrected chi connectivity index (χ0v) is 16.2. The first-order valence-corrected chi connectivity index (χ1v) is 10.2. The first-order valence-electron chi connectivity index (χ1n) is 9.05. The van der Waals surface area contributed by atoms with E-state index in [-0.39, 0.29) is 11.8 Å². The van der Waals surface area contributed by atoms with Crippen LogP contribution in [0.1, 0.15) is 41.8 Å². The van der Waals surface area contributed by atoms with Gasteiger partial charge >= 0.3 is 0 Å². The highest BCUT2D eigenvalue weighted by Gasteiger charge is 2.16. The van der Waals surface area contributed by atoms with Crippen molar-refractivity contribution in [2.75, 3.05) is 19.6 Å². The Bertz CT molecular complexity index is 757. The Morgan fingerprint density at radius 3 is 2.73 bits per heavy atom. The summed E-state index contributed by atoms with van der Waals surface area (Å²) in [6.07, 6.45) is 4.66. The van der Waals surface area contributed by atoms with E-state index in [2.05, 4.69) is 5.32 Å². The van der Waals surface area contributed by atoms with Gasteiger partial charge in [-0.2, -0.15) is 0 Å². The standard InChI is InChI=1S/C20H23ClN2O2S/c21-16-8-6-15(7-9-16)17-10-11-18(26-17)20(25)22-12-4-14-23-13-3-1-2-5-19(23)24/h6-11H,1-5,12-14H2,(H,22,25). The lowest BCUT2D eigenvalue weighted by Crippen LogP contribution is -2.33. The molecule has 2 amide bonds. The molecule has 4 nitrogen and oxygen atoms in total. The first kappa shape index (κ1) is 18.9. The number of carbonyl (C=O) groups excluding carboxylic acids is 2. The molecule has 0 unspecified atom stereocenters. The number of hydrogen-bond acceptors (Lipinski definition) is 3. The minimum Gasteiger partial charge on any atom is -0.351 e. The topological polar surface area (TPSA) is 49.4 Å². The van der Waals surface area contributed by atoms with E-state index in [1.54, 1.807) is 0 Å². The molecule has 1 aromatic heterocycles. The summed E-state index contributed by atoms with van der Waals surface area (Å²) < 4.78 is 0. The van der Waals surface area contributed by atoms with E-state index in [0.29, 0.717) is 22.9 Å². The third-order valence-corrected chi connectivity index (χ3v) is 5.91. The lowest BCUT2D eigenvalue weighted by atomic mass is 10.2. The predicted octanol–water partition coefficient (Wildman–Crippen LogP) is 4.59. The molecule has 0 atom stereocenters. The number of thiophene rings is 1. The van der Waals surface area contributed by atoms with Crippen LogP contribution in [-0.2, 0) is 4.79 Å². The Hall–Kier alpha value is -1.85. The zero-order chi connectivity index (χ0) is 18.4. The van der Waals surface area contributed by atoms with E-state index in [1.807, 2.05) is 41.3 Å². The zero-order valence-electron chi connectivity index (χ0n) is 14.7. The number of benzene rings is 1. The third-order valence-electron chi connectivity index (χ3n) is 4.52. The molecule has 1 aliphatic rings. The number of amides is 2. The summed E-state index contributed by atoms with van der Waals surface area (Å²) >= 11 is 7.38. The summed E-state index contributed by atoms with van der Waals surface area (Å²) in [6.45, 7) is 2.15. The fraction of sp³-hybridized carbons (Fsp3) is 0.400. The highest BCUT2D eigenvalue weighted by molar-refractivity contribution is 7.17. The Labute approximate surface area is 163 Å². The monoisotopic (exact) mass is 390 g/mol. The summed E-state index contributed by atoms with van der Waals surface area (Å²) in [5.74, 6) is 0.192. The van der Waals surface area contributed by atoms with Crippen LogP contribution in [0.15, 0.2) is 36.4 Å². The van der Waals surface area contributed by atoms with Crippen molar-refractivity contribution < 1.29 is 9.59 Å². The lowest BCUT2D eigenvalue weighted by Gasteiger charge is -2.20. The van der Waals surface area contributed by atoms with Gasteiger partial charge in [0.25, 0.3) is 5.91 Å². The molecule has 0 aliphatic carbocycles. The molecule has 1 aromatic carbocycles. The van der Waals surface area contributed by atoms with Gasteiger partial charge in [-0.1, -0.05) is 30.2 Å². The van der Waals surface area contributed by atoms with Crippen LogP contribution in [0, 0.1) is 0 Å². The van der Waals surface area contributed by atoms with E-state index in [4.69, 9.17) is 11.6 Å². The van der Waals surface area contributed by atoms with Crippen molar-refractivity contribution in [3.8, 4) is 10.4 Å². The Morgan fingerprint density at radius 2 is 1.92 bits per heavy atom. The Morgan fingerprint density at radius 1 is 1.12 bits per heavy atom. The van der Waals surface area contributed by atoms with E-state index >= 15 is 0 Å². The van der Waals surface area contributed by atoms with Gasteiger partial charge in [0, 0.05) is 36.0 Å². The number of nitrogens with one attached hydrogen (secondary N) is 1. The van der Waals surface area contributed by atoms with Crippen LogP contribution in [-0.4, -0.2) is 36.3 Å². The maximum absolute atomic E-state index is 12.3. The second-order valence-corrected chi connectivity index (χ2v) is 7.99. The van der Waals surface area contributed by atoms with Gasteiger partial charge in [0.05, 0.1) is 4.88 Å². The molecule has 2 aromatic rings. The third kappa shape index (κ3) is 5.08. The van der Waals surface area contributed by atoms with Crippen molar-refractivity contribution in [3.05, 3.63) is 46.3 Å². The summed E-state index contributed by atoms with van der Waals surface area (Å²) in [5, 5.41) is 3.66. The summed E-state index contributed by atoms with van der Waals surface area (Å²) in [5.41, 5.74) is 1.05. The second kappa shape index (κ2) is 9.19. The van der Waals surface area contributed by atoms with E-state index in [9.17, 15) is 9.59 Å². The first-order chi connectivity index (χ1) is 12.6. The van der Waals surface area contributed by atoms with Crippen LogP contribution in [0.3, 0.4) is 0 Å². The largest absolute Gasteiger partial charge is 0.351 e. The molecule has 6 heteroatoms. The van der Waals surface area contributed by atoms with Crippen LogP contribution < -0.4 is 5.32 Å². The molecule has 1 fully saturated rings. The number of likely N-dealkylation sites (tertiary alicyclic amines) is 1. The number of halogens is 1. The quantitative estimate of drug-likeness (QED) is 0.733. The summed E-state index contributed by atoms with van der Waals surface area (Å²) in [7, 11) is 0. The molecule has 1 N–H and O–H groups in total. The van der Waals surface area contributed by atoms with Crippen LogP contribution in [0.25, 0.3) is 10.4 Å². The van der Waals surface area contributed by atoms with Crippen molar-refractivity contribution in [2.45, 2.75) is 32.1 Å². The molecule has 0 saturated carbocycles. The second-order valence-electron chi connectivity index (χ2n) is 6.47. The van der Waals surface area contributed by atoms with Gasteiger partial charge in [-0.15, -0.1) is 11.3 Å². The average Bonchev–Trinajstić information content (AvgIpc) is 3.04. The molecule has 0 bridgehead atoms. The Kier molecular flexibility index (Phi) is 6.69. The number of carbonyl (C=O) groups is 2. The molecule has 0 radical (unpaired) electrons. The minimum atomic E-state index is -0.0580. The van der Waals surface area contributed by atoms with Gasteiger partial charge in [-0.3, -0.25) is 9.59 Å². The minimum absolute atomic E-state index is 0.0580. The smallest absolute Gasteiger partial charge is 0.261 e. The molecule has 1 aliphatic heterocycles. The molecular weight excluding hydrogens is 368 g/mol. The molecular formula is C20H23ClN2O2S. The highest BCUT2D eigenvalue weighted by atomic mass is 35.5. The fourth-order valence-electron chi connectivity index (χ4n) is 3.06. The van der Waals surface area contributed by atoms with Crippen LogP contribution in [0.5, 0.6) is 0 Å².